The second-order valence-corrected chi connectivity index (χ2v) is 5.82. The number of carbonyl (C=O) groups is 1. The van der Waals surface area contributed by atoms with E-state index in [9.17, 15) is 4.79 Å². The van der Waals surface area contributed by atoms with Crippen LogP contribution in [0.1, 0.15) is 31.1 Å². The van der Waals surface area contributed by atoms with E-state index in [0.717, 1.165) is 43.7 Å². The molecule has 0 spiro atoms. The average Bonchev–Trinajstić information content (AvgIpc) is 2.38. The lowest BCUT2D eigenvalue weighted by Crippen LogP contribution is -2.53. The van der Waals surface area contributed by atoms with Crippen LogP contribution in [0.25, 0.3) is 0 Å². The number of carbonyl (C=O) groups excluding carboxylic acids is 1. The monoisotopic (exact) mass is 246 g/mol. The number of para-hydroxylation sites is 1. The highest BCUT2D eigenvalue weighted by Crippen LogP contribution is 2.23. The Morgan fingerprint density at radius 2 is 1.67 bits per heavy atom. The molecule has 0 unspecified atom stereocenters. The normalized spacial score (nSPS) is 17.8. The molecule has 0 aliphatic carbocycles. The fraction of sp³-hybridized carbons (Fsp3) is 0.533. The van der Waals surface area contributed by atoms with E-state index in [-0.39, 0.29) is 5.54 Å². The van der Waals surface area contributed by atoms with Gasteiger partial charge in [-0.3, -0.25) is 9.69 Å². The molecule has 1 aromatic rings. The summed E-state index contributed by atoms with van der Waals surface area (Å²) in [5.74, 6) is 0. The maximum atomic E-state index is 11.1. The molecule has 0 amide bonds. The quantitative estimate of drug-likeness (QED) is 0.749. The van der Waals surface area contributed by atoms with Gasteiger partial charge in [0.25, 0.3) is 0 Å². The molecule has 18 heavy (non-hydrogen) atoms. The lowest BCUT2D eigenvalue weighted by Gasteiger charge is -2.43. The molecule has 0 N–H and O–H groups in total. The Morgan fingerprint density at radius 1 is 1.06 bits per heavy atom. The fourth-order valence-electron chi connectivity index (χ4n) is 2.49. The lowest BCUT2D eigenvalue weighted by atomic mass is 10.0. The van der Waals surface area contributed by atoms with Gasteiger partial charge in [0, 0.05) is 43.0 Å². The summed E-state index contributed by atoms with van der Waals surface area (Å²) in [4.78, 5) is 15.9. The third-order valence-corrected chi connectivity index (χ3v) is 3.63. The molecule has 0 saturated carbocycles. The van der Waals surface area contributed by atoms with Gasteiger partial charge in [0.15, 0.2) is 6.29 Å². The molecule has 3 heteroatoms. The summed E-state index contributed by atoms with van der Waals surface area (Å²) in [5, 5.41) is 0. The van der Waals surface area contributed by atoms with Crippen molar-refractivity contribution in [2.75, 3.05) is 31.1 Å². The topological polar surface area (TPSA) is 23.6 Å². The Kier molecular flexibility index (Phi) is 3.71. The summed E-state index contributed by atoms with van der Waals surface area (Å²) < 4.78 is 0. The van der Waals surface area contributed by atoms with Gasteiger partial charge in [-0.1, -0.05) is 12.1 Å². The van der Waals surface area contributed by atoms with Crippen LogP contribution in [0.2, 0.25) is 0 Å². The molecule has 2 rings (SSSR count). The Balaban J connectivity index is 2.08. The smallest absolute Gasteiger partial charge is 0.152 e. The zero-order valence-corrected chi connectivity index (χ0v) is 11.5. The van der Waals surface area contributed by atoms with Crippen LogP contribution in [0.3, 0.4) is 0 Å². The highest BCUT2D eigenvalue weighted by Gasteiger charge is 2.26. The van der Waals surface area contributed by atoms with Crippen LogP contribution < -0.4 is 4.90 Å². The van der Waals surface area contributed by atoms with Gasteiger partial charge in [0.05, 0.1) is 0 Å². The molecule has 0 atom stereocenters. The van der Waals surface area contributed by atoms with Crippen molar-refractivity contribution in [3.05, 3.63) is 29.8 Å². The SMILES string of the molecule is CC(C)(C)N1CCN(c2ccccc2C=O)CC1. The molecular weight excluding hydrogens is 224 g/mol. The third kappa shape index (κ3) is 2.72. The molecule has 1 saturated heterocycles. The second-order valence-electron chi connectivity index (χ2n) is 5.82. The zero-order valence-electron chi connectivity index (χ0n) is 11.5. The predicted molar refractivity (Wildman–Crippen MR) is 75.4 cm³/mol. The first kappa shape index (κ1) is 13.1. The summed E-state index contributed by atoms with van der Waals surface area (Å²) >= 11 is 0. The first-order valence-corrected chi connectivity index (χ1v) is 6.56. The highest BCUT2D eigenvalue weighted by atomic mass is 16.1. The van der Waals surface area contributed by atoms with Crippen LogP contribution in [0.5, 0.6) is 0 Å². The van der Waals surface area contributed by atoms with Crippen molar-refractivity contribution in [1.29, 1.82) is 0 Å². The number of hydrogen-bond donors (Lipinski definition) is 0. The van der Waals surface area contributed by atoms with Crippen LogP contribution in [0.4, 0.5) is 5.69 Å². The maximum Gasteiger partial charge on any atom is 0.152 e. The van der Waals surface area contributed by atoms with Crippen molar-refractivity contribution >= 4 is 12.0 Å². The van der Waals surface area contributed by atoms with Gasteiger partial charge >= 0.3 is 0 Å². The van der Waals surface area contributed by atoms with Gasteiger partial charge in [-0.25, -0.2) is 0 Å². The molecule has 0 aromatic heterocycles. The van der Waals surface area contributed by atoms with Gasteiger partial charge in [-0.15, -0.1) is 0 Å². The van der Waals surface area contributed by atoms with Gasteiger partial charge in [0.2, 0.25) is 0 Å². The Morgan fingerprint density at radius 3 is 2.22 bits per heavy atom. The average molecular weight is 246 g/mol. The second kappa shape index (κ2) is 5.11. The summed E-state index contributed by atoms with van der Waals surface area (Å²) in [5.41, 5.74) is 2.10. The van der Waals surface area contributed by atoms with Crippen molar-refractivity contribution in [2.45, 2.75) is 26.3 Å². The van der Waals surface area contributed by atoms with E-state index in [2.05, 4.69) is 30.6 Å². The first-order valence-electron chi connectivity index (χ1n) is 6.56. The predicted octanol–water partition coefficient (Wildman–Crippen LogP) is 2.42. The third-order valence-electron chi connectivity index (χ3n) is 3.63. The van der Waals surface area contributed by atoms with Crippen LogP contribution in [-0.2, 0) is 0 Å². The summed E-state index contributed by atoms with van der Waals surface area (Å²) in [6, 6.07) is 7.84. The van der Waals surface area contributed by atoms with Gasteiger partial charge in [-0.05, 0) is 32.9 Å². The van der Waals surface area contributed by atoms with Gasteiger partial charge in [0.1, 0.15) is 0 Å². The van der Waals surface area contributed by atoms with E-state index in [4.69, 9.17) is 0 Å². The minimum Gasteiger partial charge on any atom is -0.368 e. The number of rotatable bonds is 2. The van der Waals surface area contributed by atoms with Crippen molar-refractivity contribution in [3.63, 3.8) is 0 Å². The number of anilines is 1. The van der Waals surface area contributed by atoms with E-state index in [1.807, 2.05) is 24.3 Å². The van der Waals surface area contributed by atoms with Crippen LogP contribution in [-0.4, -0.2) is 42.9 Å². The van der Waals surface area contributed by atoms with Crippen molar-refractivity contribution < 1.29 is 4.79 Å². The largest absolute Gasteiger partial charge is 0.368 e. The molecule has 98 valence electrons. The van der Waals surface area contributed by atoms with Crippen molar-refractivity contribution in [2.24, 2.45) is 0 Å². The zero-order chi connectivity index (χ0) is 13.2. The van der Waals surface area contributed by atoms with E-state index in [1.165, 1.54) is 0 Å². The molecule has 3 nitrogen and oxygen atoms in total. The molecule has 1 aliphatic rings. The molecule has 1 aliphatic heterocycles. The van der Waals surface area contributed by atoms with E-state index in [0.29, 0.717) is 0 Å². The number of piperazine rings is 1. The summed E-state index contributed by atoms with van der Waals surface area (Å²) in [6.07, 6.45) is 0.950. The number of nitrogens with zero attached hydrogens (tertiary/aromatic N) is 2. The molecule has 0 bridgehead atoms. The van der Waals surface area contributed by atoms with Crippen LogP contribution in [0.15, 0.2) is 24.3 Å². The fourth-order valence-corrected chi connectivity index (χ4v) is 2.49. The maximum absolute atomic E-state index is 11.1. The van der Waals surface area contributed by atoms with E-state index in [1.54, 1.807) is 0 Å². The Bertz CT molecular complexity index is 415. The molecule has 1 heterocycles. The van der Waals surface area contributed by atoms with Crippen LogP contribution >= 0.6 is 0 Å². The Hall–Kier alpha value is -1.35. The summed E-state index contributed by atoms with van der Waals surface area (Å²) in [6.45, 7) is 10.8. The molecule has 1 fully saturated rings. The number of benzene rings is 1. The number of hydrogen-bond acceptors (Lipinski definition) is 3. The minimum absolute atomic E-state index is 0.232. The van der Waals surface area contributed by atoms with Crippen molar-refractivity contribution in [1.82, 2.24) is 4.90 Å². The lowest BCUT2D eigenvalue weighted by molar-refractivity contribution is 0.112. The minimum atomic E-state index is 0.232. The van der Waals surface area contributed by atoms with E-state index >= 15 is 0 Å². The summed E-state index contributed by atoms with van der Waals surface area (Å²) in [7, 11) is 0. The van der Waals surface area contributed by atoms with E-state index < -0.39 is 0 Å². The van der Waals surface area contributed by atoms with Gasteiger partial charge < -0.3 is 4.90 Å². The van der Waals surface area contributed by atoms with Gasteiger partial charge in [-0.2, -0.15) is 0 Å². The Labute approximate surface area is 109 Å². The van der Waals surface area contributed by atoms with Crippen LogP contribution in [0, 0.1) is 0 Å². The standard InChI is InChI=1S/C15H22N2O/c1-15(2,3)17-10-8-16(9-11-17)14-7-5-4-6-13(14)12-18/h4-7,12H,8-11H2,1-3H3. The molecule has 1 aromatic carbocycles. The highest BCUT2D eigenvalue weighted by molar-refractivity contribution is 5.84. The van der Waals surface area contributed by atoms with Crippen molar-refractivity contribution in [3.8, 4) is 0 Å². The number of aldehydes is 1. The molecular formula is C15H22N2O. The first-order chi connectivity index (χ1) is 8.52. The molecule has 0 radical (unpaired) electrons.